The molecule has 0 spiro atoms. The van der Waals surface area contributed by atoms with E-state index in [-0.39, 0.29) is 37.0 Å². The first-order valence-electron chi connectivity index (χ1n) is 17.5. The summed E-state index contributed by atoms with van der Waals surface area (Å²) in [6.07, 6.45) is 0. The van der Waals surface area contributed by atoms with Crippen LogP contribution in [0.25, 0.3) is 0 Å². The van der Waals surface area contributed by atoms with E-state index in [2.05, 4.69) is 41.5 Å². The van der Waals surface area contributed by atoms with Gasteiger partial charge in [-0.05, 0) is 57.1 Å². The van der Waals surface area contributed by atoms with Crippen LogP contribution in [0.15, 0.2) is 97.1 Å². The number of rotatable bonds is 20. The number of benzene rings is 4. The first kappa shape index (κ1) is 38.8. The zero-order chi connectivity index (χ0) is 36.1. The van der Waals surface area contributed by atoms with Gasteiger partial charge < -0.3 is 23.4 Å². The molecule has 0 fully saturated rings. The first-order valence-corrected chi connectivity index (χ1v) is 19.6. The average molecular weight is 700 g/mol. The van der Waals surface area contributed by atoms with E-state index in [0.29, 0.717) is 46.7 Å². The third-order valence-electron chi connectivity index (χ3n) is 9.39. The van der Waals surface area contributed by atoms with Crippen molar-refractivity contribution in [3.05, 3.63) is 135 Å². The van der Waals surface area contributed by atoms with Gasteiger partial charge in [-0.25, -0.2) is 0 Å². The molecule has 9 heteroatoms. The molecule has 0 radical (unpaired) electrons. The molecule has 0 bridgehead atoms. The van der Waals surface area contributed by atoms with Crippen LogP contribution in [0.4, 0.5) is 5.69 Å². The molecule has 0 saturated carbocycles. The van der Waals surface area contributed by atoms with Crippen LogP contribution in [0, 0.1) is 10.1 Å². The van der Waals surface area contributed by atoms with E-state index in [9.17, 15) is 10.1 Å². The number of nitrogens with zero attached hydrogens (tertiary/aromatic N) is 1. The maximum Gasteiger partial charge on any atom is 0.277 e. The van der Waals surface area contributed by atoms with Crippen LogP contribution in [0.5, 0.6) is 11.5 Å². The summed E-state index contributed by atoms with van der Waals surface area (Å²) in [5.41, 5.74) is 5.10. The molecule has 1 atom stereocenters. The Morgan fingerprint density at radius 1 is 0.640 bits per heavy atom. The molecule has 0 saturated heterocycles. The molecule has 0 aliphatic carbocycles. The summed E-state index contributed by atoms with van der Waals surface area (Å²) in [6.45, 7) is 15.1. The van der Waals surface area contributed by atoms with Gasteiger partial charge in [-0.3, -0.25) is 10.1 Å². The van der Waals surface area contributed by atoms with Gasteiger partial charge in [-0.1, -0.05) is 114 Å². The molecule has 0 aromatic heterocycles. The highest BCUT2D eigenvalue weighted by atomic mass is 28.4. The number of nitro groups is 1. The first-order chi connectivity index (χ1) is 24.0. The highest BCUT2D eigenvalue weighted by Crippen LogP contribution is 2.44. The summed E-state index contributed by atoms with van der Waals surface area (Å²) in [7, 11) is -0.696. The maximum atomic E-state index is 12.9. The molecule has 0 aliphatic rings. The van der Waals surface area contributed by atoms with Crippen LogP contribution in [0.3, 0.4) is 0 Å². The molecule has 0 heterocycles. The molecular weight excluding hydrogens is 647 g/mol. The van der Waals surface area contributed by atoms with E-state index >= 15 is 0 Å². The van der Waals surface area contributed by atoms with E-state index in [0.717, 1.165) is 22.4 Å². The SMILES string of the molecule is COc1ccc(COC[C@H](CO[Si](C(C)C)(C(C)C)C(C)C)c2c(OCc3ccccc3)cc(COCc3ccccc3)cc2[N+](=O)[O-])cc1. The highest BCUT2D eigenvalue weighted by Gasteiger charge is 2.46. The normalized spacial score (nSPS) is 12.4. The van der Waals surface area contributed by atoms with E-state index < -0.39 is 14.2 Å². The van der Waals surface area contributed by atoms with Crippen LogP contribution in [0.1, 0.15) is 75.3 Å². The zero-order valence-corrected chi connectivity index (χ0v) is 31.6. The van der Waals surface area contributed by atoms with Crippen molar-refractivity contribution in [2.75, 3.05) is 20.3 Å². The smallest absolute Gasteiger partial charge is 0.277 e. The lowest BCUT2D eigenvalue weighted by Crippen LogP contribution is -2.48. The summed E-state index contributed by atoms with van der Waals surface area (Å²) in [6, 6.07) is 30.9. The lowest BCUT2D eigenvalue weighted by molar-refractivity contribution is -0.386. The number of hydrogen-bond acceptors (Lipinski definition) is 7. The Hall–Kier alpha value is -4.02. The van der Waals surface area contributed by atoms with Crippen LogP contribution in [-0.4, -0.2) is 33.6 Å². The largest absolute Gasteiger partial charge is 0.497 e. The van der Waals surface area contributed by atoms with E-state index in [1.165, 1.54) is 0 Å². The number of ether oxygens (including phenoxy) is 4. The van der Waals surface area contributed by atoms with Gasteiger partial charge in [-0.2, -0.15) is 0 Å². The maximum absolute atomic E-state index is 12.9. The zero-order valence-electron chi connectivity index (χ0n) is 30.6. The minimum atomic E-state index is -2.33. The fraction of sp³-hybridized carbons (Fsp3) is 0.415. The van der Waals surface area contributed by atoms with Crippen molar-refractivity contribution < 1.29 is 28.3 Å². The Labute approximate surface area is 299 Å². The van der Waals surface area contributed by atoms with E-state index in [4.69, 9.17) is 23.4 Å². The second kappa shape index (κ2) is 18.8. The van der Waals surface area contributed by atoms with Crippen molar-refractivity contribution in [3.63, 3.8) is 0 Å². The molecule has 268 valence electrons. The summed E-state index contributed by atoms with van der Waals surface area (Å²) in [5, 5.41) is 12.9. The van der Waals surface area contributed by atoms with Crippen molar-refractivity contribution >= 4 is 14.0 Å². The molecule has 0 unspecified atom stereocenters. The lowest BCUT2D eigenvalue weighted by atomic mass is 9.95. The minimum absolute atomic E-state index is 0.0265. The Morgan fingerprint density at radius 3 is 1.70 bits per heavy atom. The van der Waals surface area contributed by atoms with Gasteiger partial charge in [0.2, 0.25) is 0 Å². The van der Waals surface area contributed by atoms with Crippen LogP contribution < -0.4 is 9.47 Å². The standard InChI is InChI=1S/C41H53NO7Si/c1-30(2)50(31(3)4,32(5)6)49-29-37(28-47-25-35-18-20-38(45-7)21-19-35)41-39(42(43)44)22-36(26-46-24-33-14-10-8-11-15-33)23-40(41)48-27-34-16-12-9-13-17-34/h8-23,30-32,37H,24-29H2,1-7H3/t37-/m1/s1. The molecule has 4 aromatic rings. The molecule has 0 N–H and O–H groups in total. The second-order valence-corrected chi connectivity index (χ2v) is 19.2. The topological polar surface area (TPSA) is 89.3 Å². The minimum Gasteiger partial charge on any atom is -0.497 e. The summed E-state index contributed by atoms with van der Waals surface area (Å²) in [5.74, 6) is 0.733. The Kier molecular flexibility index (Phi) is 14.6. The second-order valence-electron chi connectivity index (χ2n) is 13.7. The highest BCUT2D eigenvalue weighted by molar-refractivity contribution is 6.77. The summed E-state index contributed by atoms with van der Waals surface area (Å²) in [4.78, 5) is 12.6. The molecule has 0 aliphatic heterocycles. The summed E-state index contributed by atoms with van der Waals surface area (Å²) >= 11 is 0. The third-order valence-corrected chi connectivity index (χ3v) is 15.5. The van der Waals surface area contributed by atoms with Crippen molar-refractivity contribution in [2.24, 2.45) is 0 Å². The van der Waals surface area contributed by atoms with Gasteiger partial charge in [0.25, 0.3) is 5.69 Å². The van der Waals surface area contributed by atoms with Gasteiger partial charge in [0.05, 0.1) is 44.0 Å². The number of hydrogen-bond donors (Lipinski definition) is 0. The fourth-order valence-corrected chi connectivity index (χ4v) is 12.5. The van der Waals surface area contributed by atoms with E-state index in [1.54, 1.807) is 13.2 Å². The van der Waals surface area contributed by atoms with Crippen molar-refractivity contribution in [1.29, 1.82) is 0 Å². The van der Waals surface area contributed by atoms with Crippen LogP contribution in [0.2, 0.25) is 16.6 Å². The lowest BCUT2D eigenvalue weighted by Gasteiger charge is -2.43. The predicted octanol–water partition coefficient (Wildman–Crippen LogP) is 10.4. The summed E-state index contributed by atoms with van der Waals surface area (Å²) < 4.78 is 31.3. The predicted molar refractivity (Wildman–Crippen MR) is 201 cm³/mol. The average Bonchev–Trinajstić information content (AvgIpc) is 3.10. The third kappa shape index (κ3) is 10.3. The van der Waals surface area contributed by atoms with Gasteiger partial charge in [0, 0.05) is 18.6 Å². The molecule has 50 heavy (non-hydrogen) atoms. The molecule has 4 aromatic carbocycles. The van der Waals surface area contributed by atoms with Crippen molar-refractivity contribution in [3.8, 4) is 11.5 Å². The van der Waals surface area contributed by atoms with Gasteiger partial charge in [0.15, 0.2) is 8.32 Å². The quantitative estimate of drug-likeness (QED) is 0.0515. The van der Waals surface area contributed by atoms with Crippen molar-refractivity contribution in [2.45, 2.75) is 90.5 Å². The van der Waals surface area contributed by atoms with Gasteiger partial charge >= 0.3 is 0 Å². The molecule has 0 amide bonds. The Bertz CT molecular complexity index is 1590. The number of nitro benzene ring substituents is 1. The molecular formula is C41H53NO7Si. The van der Waals surface area contributed by atoms with Crippen LogP contribution >= 0.6 is 0 Å². The van der Waals surface area contributed by atoms with Gasteiger partial charge in [-0.15, -0.1) is 0 Å². The Morgan fingerprint density at radius 2 is 1.16 bits per heavy atom. The van der Waals surface area contributed by atoms with Crippen molar-refractivity contribution in [1.82, 2.24) is 0 Å². The van der Waals surface area contributed by atoms with E-state index in [1.807, 2.05) is 91.0 Å². The Balaban J connectivity index is 1.73. The van der Waals surface area contributed by atoms with Gasteiger partial charge in [0.1, 0.15) is 18.1 Å². The number of methoxy groups -OCH3 is 1. The van der Waals surface area contributed by atoms with Crippen LogP contribution in [-0.2, 0) is 40.3 Å². The monoisotopic (exact) mass is 699 g/mol. The fourth-order valence-electron chi connectivity index (χ4n) is 7.03. The molecule has 4 rings (SSSR count). The molecule has 8 nitrogen and oxygen atoms in total.